The molecule has 0 atom stereocenters. The second-order valence-corrected chi connectivity index (χ2v) is 7.59. The van der Waals surface area contributed by atoms with Crippen LogP contribution in [0.4, 0.5) is 0 Å². The molecule has 0 spiro atoms. The lowest BCUT2D eigenvalue weighted by Crippen LogP contribution is -2.28. The van der Waals surface area contributed by atoms with Gasteiger partial charge in [0.15, 0.2) is 5.65 Å². The first-order valence-corrected chi connectivity index (χ1v) is 10.5. The molecule has 0 aliphatic rings. The van der Waals surface area contributed by atoms with E-state index in [1.54, 1.807) is 34.6 Å². The number of ether oxygens (including phenoxy) is 2. The highest BCUT2D eigenvalue weighted by Gasteiger charge is 2.14. The number of hydrogen-bond donors (Lipinski definition) is 1. The van der Waals surface area contributed by atoms with Gasteiger partial charge in [0.05, 0.1) is 39.1 Å². The summed E-state index contributed by atoms with van der Waals surface area (Å²) in [6.07, 6.45) is 3.05. The Labute approximate surface area is 190 Å². The molecule has 0 radical (unpaired) electrons. The molecule has 4 rings (SSSR count). The molecule has 2 aromatic heterocycles. The van der Waals surface area contributed by atoms with Crippen molar-refractivity contribution < 1.29 is 14.3 Å². The second kappa shape index (κ2) is 9.56. The Morgan fingerprint density at radius 2 is 1.97 bits per heavy atom. The Balaban J connectivity index is 1.45. The summed E-state index contributed by atoms with van der Waals surface area (Å²) in [5, 5.41) is 7.58. The summed E-state index contributed by atoms with van der Waals surface area (Å²) in [4.78, 5) is 29.9. The SMILES string of the molecule is COc1ccc(C(=O)NCCn2ncc3c(=O)n(Cc4cccc(C)c4)cnc32)c(OC)c1. The van der Waals surface area contributed by atoms with Crippen molar-refractivity contribution >= 4 is 16.9 Å². The number of carbonyl (C=O) groups excluding carboxylic acids is 1. The fourth-order valence-electron chi connectivity index (χ4n) is 3.64. The van der Waals surface area contributed by atoms with Gasteiger partial charge >= 0.3 is 0 Å². The lowest BCUT2D eigenvalue weighted by Gasteiger charge is -2.11. The van der Waals surface area contributed by atoms with Crippen molar-refractivity contribution in [2.75, 3.05) is 20.8 Å². The van der Waals surface area contributed by atoms with E-state index in [0.717, 1.165) is 11.1 Å². The predicted octanol–water partition coefficient (Wildman–Crippen LogP) is 2.40. The number of fused-ring (bicyclic) bond motifs is 1. The average Bonchev–Trinajstić information content (AvgIpc) is 3.24. The first kappa shape index (κ1) is 22.1. The van der Waals surface area contributed by atoms with E-state index in [0.29, 0.717) is 47.7 Å². The Bertz CT molecular complexity index is 1360. The summed E-state index contributed by atoms with van der Waals surface area (Å²) in [7, 11) is 3.05. The molecule has 9 nitrogen and oxygen atoms in total. The summed E-state index contributed by atoms with van der Waals surface area (Å²) in [6, 6.07) is 13.0. The highest BCUT2D eigenvalue weighted by atomic mass is 16.5. The van der Waals surface area contributed by atoms with E-state index in [9.17, 15) is 9.59 Å². The largest absolute Gasteiger partial charge is 0.497 e. The average molecular weight is 447 g/mol. The van der Waals surface area contributed by atoms with Crippen LogP contribution in [0.3, 0.4) is 0 Å². The van der Waals surface area contributed by atoms with Gasteiger partial charge in [0, 0.05) is 12.6 Å². The number of methoxy groups -OCH3 is 2. The van der Waals surface area contributed by atoms with Crippen LogP contribution in [0.25, 0.3) is 11.0 Å². The van der Waals surface area contributed by atoms with E-state index < -0.39 is 0 Å². The van der Waals surface area contributed by atoms with E-state index in [1.165, 1.54) is 19.6 Å². The highest BCUT2D eigenvalue weighted by molar-refractivity contribution is 5.97. The van der Waals surface area contributed by atoms with Gasteiger partial charge in [-0.25, -0.2) is 9.67 Å². The maximum atomic E-state index is 12.9. The van der Waals surface area contributed by atoms with Crippen LogP contribution in [0.15, 0.2) is 59.8 Å². The van der Waals surface area contributed by atoms with Crippen molar-refractivity contribution in [2.45, 2.75) is 20.0 Å². The Morgan fingerprint density at radius 1 is 1.12 bits per heavy atom. The summed E-state index contributed by atoms with van der Waals surface area (Å²) in [5.41, 5.74) is 2.90. The first-order valence-electron chi connectivity index (χ1n) is 10.5. The van der Waals surface area contributed by atoms with Crippen LogP contribution >= 0.6 is 0 Å². The number of aryl methyl sites for hydroxylation is 1. The molecule has 0 aliphatic carbocycles. The van der Waals surface area contributed by atoms with Gasteiger partial charge < -0.3 is 14.8 Å². The van der Waals surface area contributed by atoms with Crippen molar-refractivity contribution in [3.63, 3.8) is 0 Å². The number of nitrogens with zero attached hydrogens (tertiary/aromatic N) is 4. The zero-order chi connectivity index (χ0) is 23.4. The number of carbonyl (C=O) groups is 1. The lowest BCUT2D eigenvalue weighted by atomic mass is 10.1. The number of nitrogens with one attached hydrogen (secondary N) is 1. The van der Waals surface area contributed by atoms with E-state index in [4.69, 9.17) is 9.47 Å². The normalized spacial score (nSPS) is 10.9. The van der Waals surface area contributed by atoms with Gasteiger partial charge in [-0.1, -0.05) is 29.8 Å². The van der Waals surface area contributed by atoms with E-state index in [1.807, 2.05) is 31.2 Å². The van der Waals surface area contributed by atoms with Crippen molar-refractivity contribution in [2.24, 2.45) is 0 Å². The summed E-state index contributed by atoms with van der Waals surface area (Å²) < 4.78 is 13.6. The Morgan fingerprint density at radius 3 is 2.73 bits per heavy atom. The van der Waals surface area contributed by atoms with Crippen LogP contribution < -0.4 is 20.3 Å². The minimum Gasteiger partial charge on any atom is -0.497 e. The number of amides is 1. The molecule has 1 amide bonds. The molecular formula is C24H25N5O4. The molecule has 4 aromatic rings. The Kier molecular flexibility index (Phi) is 6.39. The van der Waals surface area contributed by atoms with Gasteiger partial charge in [-0.2, -0.15) is 5.10 Å². The Hall–Kier alpha value is -4.14. The first-order chi connectivity index (χ1) is 16.0. The van der Waals surface area contributed by atoms with Crippen LogP contribution in [0.2, 0.25) is 0 Å². The quantitative estimate of drug-likeness (QED) is 0.445. The van der Waals surface area contributed by atoms with Gasteiger partial charge in [-0.05, 0) is 24.6 Å². The molecule has 0 saturated carbocycles. The maximum Gasteiger partial charge on any atom is 0.264 e. The standard InChI is InChI=1S/C24H25N5O4/c1-16-5-4-6-17(11-16)14-28-15-26-22-20(24(28)31)13-27-29(22)10-9-25-23(30)19-8-7-18(32-2)12-21(19)33-3/h4-8,11-13,15H,9-10,14H2,1-3H3,(H,25,30). The molecule has 2 aromatic carbocycles. The zero-order valence-corrected chi connectivity index (χ0v) is 18.7. The molecule has 33 heavy (non-hydrogen) atoms. The highest BCUT2D eigenvalue weighted by Crippen LogP contribution is 2.24. The minimum atomic E-state index is -0.278. The third kappa shape index (κ3) is 4.72. The van der Waals surface area contributed by atoms with Crippen LogP contribution in [0, 0.1) is 6.92 Å². The maximum absolute atomic E-state index is 12.9. The molecule has 0 saturated heterocycles. The van der Waals surface area contributed by atoms with Crippen LogP contribution in [-0.4, -0.2) is 46.0 Å². The molecule has 170 valence electrons. The van der Waals surface area contributed by atoms with E-state index in [2.05, 4.69) is 15.4 Å². The second-order valence-electron chi connectivity index (χ2n) is 7.59. The topological polar surface area (TPSA) is 100 Å². The third-order valence-corrected chi connectivity index (χ3v) is 5.32. The number of hydrogen-bond acceptors (Lipinski definition) is 6. The molecule has 0 bridgehead atoms. The number of benzene rings is 2. The predicted molar refractivity (Wildman–Crippen MR) is 124 cm³/mol. The van der Waals surface area contributed by atoms with Gasteiger partial charge in [-0.3, -0.25) is 14.2 Å². The molecule has 9 heteroatoms. The van der Waals surface area contributed by atoms with Crippen LogP contribution in [0.1, 0.15) is 21.5 Å². The van der Waals surface area contributed by atoms with Gasteiger partial charge in [0.25, 0.3) is 11.5 Å². The third-order valence-electron chi connectivity index (χ3n) is 5.32. The molecule has 2 heterocycles. The summed E-state index contributed by atoms with van der Waals surface area (Å²) >= 11 is 0. The van der Waals surface area contributed by atoms with Gasteiger partial charge in [0.2, 0.25) is 0 Å². The van der Waals surface area contributed by atoms with Crippen molar-refractivity contribution in [1.29, 1.82) is 0 Å². The van der Waals surface area contributed by atoms with E-state index in [-0.39, 0.29) is 11.5 Å². The van der Waals surface area contributed by atoms with Gasteiger partial charge in [0.1, 0.15) is 23.2 Å². The van der Waals surface area contributed by atoms with Gasteiger partial charge in [-0.15, -0.1) is 0 Å². The van der Waals surface area contributed by atoms with Crippen molar-refractivity contribution in [3.8, 4) is 11.5 Å². The molecule has 0 unspecified atom stereocenters. The lowest BCUT2D eigenvalue weighted by molar-refractivity contribution is 0.0949. The monoisotopic (exact) mass is 447 g/mol. The zero-order valence-electron chi connectivity index (χ0n) is 18.7. The molecule has 0 aliphatic heterocycles. The van der Waals surface area contributed by atoms with Crippen molar-refractivity contribution in [1.82, 2.24) is 24.6 Å². The smallest absolute Gasteiger partial charge is 0.264 e. The fraction of sp³-hybridized carbons (Fsp3) is 0.250. The summed E-state index contributed by atoms with van der Waals surface area (Å²) in [5.74, 6) is 0.747. The number of rotatable bonds is 8. The minimum absolute atomic E-state index is 0.153. The fourth-order valence-corrected chi connectivity index (χ4v) is 3.64. The van der Waals surface area contributed by atoms with Crippen molar-refractivity contribution in [3.05, 3.63) is 82.0 Å². The van der Waals surface area contributed by atoms with Crippen LogP contribution in [-0.2, 0) is 13.1 Å². The number of aromatic nitrogens is 4. The van der Waals surface area contributed by atoms with Crippen LogP contribution in [0.5, 0.6) is 11.5 Å². The molecule has 0 fully saturated rings. The molecular weight excluding hydrogens is 422 g/mol. The molecule has 1 N–H and O–H groups in total. The van der Waals surface area contributed by atoms with E-state index >= 15 is 0 Å². The summed E-state index contributed by atoms with van der Waals surface area (Å²) in [6.45, 7) is 3.12.